The van der Waals surface area contributed by atoms with Crippen LogP contribution in [0.25, 0.3) is 6.08 Å². The van der Waals surface area contributed by atoms with Crippen molar-refractivity contribution in [1.29, 1.82) is 0 Å². The fourth-order valence-electron chi connectivity index (χ4n) is 0.917. The van der Waals surface area contributed by atoms with E-state index in [4.69, 9.17) is 11.6 Å². The maximum atomic E-state index is 5.74. The van der Waals surface area contributed by atoms with Crippen molar-refractivity contribution >= 4 is 33.6 Å². The maximum absolute atomic E-state index is 5.74. The summed E-state index contributed by atoms with van der Waals surface area (Å²) in [6.07, 6.45) is 4.79. The second-order valence-electron chi connectivity index (χ2n) is 2.69. The molecule has 70 valence electrons. The first-order valence-electron chi connectivity index (χ1n) is 4.13. The number of allylic oxidation sites excluding steroid dienone is 1. The van der Waals surface area contributed by atoms with E-state index in [0.717, 1.165) is 16.6 Å². The molecule has 0 bridgehead atoms. The van der Waals surface area contributed by atoms with Gasteiger partial charge in [0.15, 0.2) is 0 Å². The molecule has 0 spiro atoms. The minimum atomic E-state index is 0.578. The van der Waals surface area contributed by atoms with E-state index in [1.54, 1.807) is 6.20 Å². The molecule has 0 N–H and O–H groups in total. The van der Waals surface area contributed by atoms with Crippen molar-refractivity contribution in [2.24, 2.45) is 0 Å². The van der Waals surface area contributed by atoms with Crippen LogP contribution < -0.4 is 0 Å². The first-order chi connectivity index (χ1) is 6.26. The number of pyridine rings is 1. The topological polar surface area (TPSA) is 12.9 Å². The normalized spacial score (nSPS) is 11.8. The number of aromatic nitrogens is 1. The molecule has 13 heavy (non-hydrogen) atoms. The van der Waals surface area contributed by atoms with Gasteiger partial charge in [-0.05, 0) is 40.6 Å². The molecule has 0 aliphatic rings. The lowest BCUT2D eigenvalue weighted by Gasteiger charge is -1.98. The monoisotopic (exact) mass is 259 g/mol. The molecule has 0 aliphatic heterocycles. The summed E-state index contributed by atoms with van der Waals surface area (Å²) in [5.74, 6) is 0.578. The fourth-order valence-corrected chi connectivity index (χ4v) is 1.42. The van der Waals surface area contributed by atoms with Gasteiger partial charge < -0.3 is 0 Å². The molecule has 0 saturated heterocycles. The van der Waals surface area contributed by atoms with Crippen LogP contribution in [0.15, 0.2) is 28.4 Å². The van der Waals surface area contributed by atoms with E-state index in [1.165, 1.54) is 5.57 Å². The Morgan fingerprint density at radius 1 is 1.62 bits per heavy atom. The van der Waals surface area contributed by atoms with E-state index < -0.39 is 0 Å². The van der Waals surface area contributed by atoms with E-state index in [2.05, 4.69) is 27.8 Å². The summed E-state index contributed by atoms with van der Waals surface area (Å²) < 4.78 is 0.994. The summed E-state index contributed by atoms with van der Waals surface area (Å²) in [5.41, 5.74) is 2.16. The highest BCUT2D eigenvalue weighted by Crippen LogP contribution is 2.12. The van der Waals surface area contributed by atoms with Crippen LogP contribution >= 0.6 is 27.5 Å². The smallest absolute Gasteiger partial charge is 0.0630 e. The molecule has 1 aromatic heterocycles. The summed E-state index contributed by atoms with van der Waals surface area (Å²) in [5, 5.41) is 0. The number of rotatable bonds is 3. The molecule has 0 fully saturated rings. The zero-order chi connectivity index (χ0) is 9.68. The Hall–Kier alpha value is -0.340. The van der Waals surface area contributed by atoms with Gasteiger partial charge in [-0.25, -0.2) is 0 Å². The van der Waals surface area contributed by atoms with Crippen molar-refractivity contribution in [2.45, 2.75) is 13.3 Å². The Balaban J connectivity index is 2.84. The third-order valence-corrected chi connectivity index (χ3v) is 2.54. The number of hydrogen-bond donors (Lipinski definition) is 0. The highest BCUT2D eigenvalue weighted by Gasteiger charge is 1.94. The largest absolute Gasteiger partial charge is 0.256 e. The van der Waals surface area contributed by atoms with Gasteiger partial charge in [-0.2, -0.15) is 0 Å². The molecular weight excluding hydrogens is 249 g/mol. The Morgan fingerprint density at radius 3 is 2.85 bits per heavy atom. The molecule has 1 nitrogen and oxygen atoms in total. The van der Waals surface area contributed by atoms with Crippen LogP contribution in [0.3, 0.4) is 0 Å². The van der Waals surface area contributed by atoms with Gasteiger partial charge in [-0.15, -0.1) is 11.6 Å². The van der Waals surface area contributed by atoms with E-state index in [9.17, 15) is 0 Å². The van der Waals surface area contributed by atoms with Crippen LogP contribution in [0.5, 0.6) is 0 Å². The van der Waals surface area contributed by atoms with Crippen molar-refractivity contribution in [1.82, 2.24) is 4.98 Å². The third kappa shape index (κ3) is 3.49. The quantitative estimate of drug-likeness (QED) is 0.752. The summed E-state index contributed by atoms with van der Waals surface area (Å²) in [6.45, 7) is 2.09. The number of alkyl halides is 1. The van der Waals surface area contributed by atoms with Gasteiger partial charge in [0, 0.05) is 16.5 Å². The van der Waals surface area contributed by atoms with Crippen LogP contribution in [0, 0.1) is 0 Å². The van der Waals surface area contributed by atoms with Crippen LogP contribution in [-0.4, -0.2) is 10.9 Å². The van der Waals surface area contributed by atoms with Gasteiger partial charge in [-0.3, -0.25) is 4.98 Å². The zero-order valence-corrected chi connectivity index (χ0v) is 9.77. The van der Waals surface area contributed by atoms with Gasteiger partial charge in [-0.1, -0.05) is 12.5 Å². The number of nitrogens with zero attached hydrogens (tertiary/aromatic N) is 1. The van der Waals surface area contributed by atoms with Crippen LogP contribution in [-0.2, 0) is 0 Å². The van der Waals surface area contributed by atoms with Crippen molar-refractivity contribution in [3.05, 3.63) is 34.1 Å². The van der Waals surface area contributed by atoms with Crippen molar-refractivity contribution in [3.63, 3.8) is 0 Å². The average molecular weight is 261 g/mol. The lowest BCUT2D eigenvalue weighted by atomic mass is 10.2. The molecule has 0 saturated carbocycles. The van der Waals surface area contributed by atoms with E-state index in [0.29, 0.717) is 5.88 Å². The number of hydrogen-bond acceptors (Lipinski definition) is 1. The van der Waals surface area contributed by atoms with Gasteiger partial charge in [0.05, 0.1) is 5.69 Å². The number of halogens is 2. The second kappa shape index (κ2) is 5.40. The Bertz CT molecular complexity index is 286. The molecule has 1 rings (SSSR count). The molecule has 0 unspecified atom stereocenters. The van der Waals surface area contributed by atoms with E-state index in [-0.39, 0.29) is 0 Å². The Kier molecular flexibility index (Phi) is 4.46. The van der Waals surface area contributed by atoms with Gasteiger partial charge >= 0.3 is 0 Å². The molecular formula is C10H11BrClN. The highest BCUT2D eigenvalue weighted by atomic mass is 79.9. The zero-order valence-electron chi connectivity index (χ0n) is 7.43. The Morgan fingerprint density at radius 2 is 2.38 bits per heavy atom. The first-order valence-corrected chi connectivity index (χ1v) is 5.46. The molecule has 1 heterocycles. The van der Waals surface area contributed by atoms with Crippen molar-refractivity contribution < 1.29 is 0 Å². The standard InChI is InChI=1S/C10H11BrClN/c1-2-8(6-12)5-10-4-3-9(11)7-13-10/h3-5,7H,2,6H2,1H3/b8-5-. The van der Waals surface area contributed by atoms with Gasteiger partial charge in [0.1, 0.15) is 0 Å². The Labute approximate surface area is 92.0 Å². The molecule has 0 aliphatic carbocycles. The first kappa shape index (κ1) is 10.7. The molecule has 0 aromatic carbocycles. The molecule has 3 heteroatoms. The van der Waals surface area contributed by atoms with Gasteiger partial charge in [0.2, 0.25) is 0 Å². The molecule has 1 aromatic rings. The predicted molar refractivity (Wildman–Crippen MR) is 60.9 cm³/mol. The van der Waals surface area contributed by atoms with Crippen LogP contribution in [0.2, 0.25) is 0 Å². The third-order valence-electron chi connectivity index (χ3n) is 1.73. The maximum Gasteiger partial charge on any atom is 0.0630 e. The minimum Gasteiger partial charge on any atom is -0.256 e. The van der Waals surface area contributed by atoms with Gasteiger partial charge in [0.25, 0.3) is 0 Å². The average Bonchev–Trinajstić information content (AvgIpc) is 2.17. The fraction of sp³-hybridized carbons (Fsp3) is 0.300. The lowest BCUT2D eigenvalue weighted by Crippen LogP contribution is -1.85. The molecule has 0 amide bonds. The van der Waals surface area contributed by atoms with Crippen LogP contribution in [0.4, 0.5) is 0 Å². The second-order valence-corrected chi connectivity index (χ2v) is 3.87. The SMILES string of the molecule is CC/C(=C/c1ccc(Br)cn1)CCl. The molecule has 0 radical (unpaired) electrons. The van der Waals surface area contributed by atoms with E-state index >= 15 is 0 Å². The molecule has 0 atom stereocenters. The highest BCUT2D eigenvalue weighted by molar-refractivity contribution is 9.10. The summed E-state index contributed by atoms with van der Waals surface area (Å²) in [4.78, 5) is 4.23. The van der Waals surface area contributed by atoms with Crippen LogP contribution in [0.1, 0.15) is 19.0 Å². The minimum absolute atomic E-state index is 0.578. The van der Waals surface area contributed by atoms with E-state index in [1.807, 2.05) is 18.2 Å². The summed E-state index contributed by atoms with van der Waals surface area (Å²) >= 11 is 9.08. The summed E-state index contributed by atoms with van der Waals surface area (Å²) in [7, 11) is 0. The predicted octanol–water partition coefficient (Wildman–Crippen LogP) is 3.88. The van der Waals surface area contributed by atoms with Crippen molar-refractivity contribution in [3.8, 4) is 0 Å². The van der Waals surface area contributed by atoms with Crippen molar-refractivity contribution in [2.75, 3.05) is 5.88 Å². The lowest BCUT2D eigenvalue weighted by molar-refractivity contribution is 1.11. The summed E-state index contributed by atoms with van der Waals surface area (Å²) in [6, 6.07) is 3.94.